The molecule has 1 aromatic carbocycles. The van der Waals surface area contributed by atoms with Gasteiger partial charge in [-0.3, -0.25) is 4.79 Å². The summed E-state index contributed by atoms with van der Waals surface area (Å²) in [7, 11) is 0. The number of carboxylic acids is 1. The first-order valence-corrected chi connectivity index (χ1v) is 5.65. The van der Waals surface area contributed by atoms with E-state index in [2.05, 4.69) is 0 Å². The van der Waals surface area contributed by atoms with E-state index in [0.717, 1.165) is 0 Å². The van der Waals surface area contributed by atoms with Crippen LogP contribution in [0.3, 0.4) is 0 Å². The fourth-order valence-corrected chi connectivity index (χ4v) is 2.32. The number of carbonyl (C=O) groups is 2. The summed E-state index contributed by atoms with van der Waals surface area (Å²) < 4.78 is 1.74. The Balaban J connectivity index is 2.52. The van der Waals surface area contributed by atoms with E-state index in [1.54, 1.807) is 40.9 Å². The molecule has 2 heterocycles. The van der Waals surface area contributed by atoms with E-state index in [4.69, 9.17) is 5.73 Å². The summed E-state index contributed by atoms with van der Waals surface area (Å²) in [6.07, 6.45) is 1.76. The quantitative estimate of drug-likeness (QED) is 0.732. The zero-order valence-electron chi connectivity index (χ0n) is 9.83. The van der Waals surface area contributed by atoms with Gasteiger partial charge >= 0.3 is 5.97 Å². The Morgan fingerprint density at radius 1 is 1.11 bits per heavy atom. The molecule has 2 aromatic heterocycles. The smallest absolute Gasteiger partial charge is 0.338 e. The van der Waals surface area contributed by atoms with E-state index in [-0.39, 0.29) is 5.56 Å². The highest BCUT2D eigenvalue weighted by Gasteiger charge is 2.17. The van der Waals surface area contributed by atoms with Gasteiger partial charge in [0.15, 0.2) is 0 Å². The van der Waals surface area contributed by atoms with Gasteiger partial charge in [0.25, 0.3) is 0 Å². The van der Waals surface area contributed by atoms with E-state index in [1.807, 2.05) is 0 Å². The first-order valence-electron chi connectivity index (χ1n) is 5.65. The molecule has 94 valence electrons. The molecule has 5 heteroatoms. The lowest BCUT2D eigenvalue weighted by molar-refractivity contribution is 0.0701. The van der Waals surface area contributed by atoms with Crippen LogP contribution in [0, 0.1) is 0 Å². The Bertz CT molecular complexity index is 833. The van der Waals surface area contributed by atoms with Gasteiger partial charge in [-0.15, -0.1) is 0 Å². The Kier molecular flexibility index (Phi) is 2.28. The molecular weight excluding hydrogens is 244 g/mol. The standard InChI is InChI=1S/C14H10N2O3/c15-13(17)8-4-5-9-11(7-8)16-6-2-1-3-10(16)12(9)14(18)19/h1-7H,(H2,15,17)(H,18,19). The van der Waals surface area contributed by atoms with Crippen molar-refractivity contribution in [3.05, 3.63) is 53.7 Å². The van der Waals surface area contributed by atoms with Crippen molar-refractivity contribution < 1.29 is 14.7 Å². The molecule has 3 N–H and O–H groups in total. The minimum Gasteiger partial charge on any atom is -0.478 e. The normalized spacial score (nSPS) is 10.9. The molecule has 0 radical (unpaired) electrons. The van der Waals surface area contributed by atoms with Crippen molar-refractivity contribution in [2.45, 2.75) is 0 Å². The highest BCUT2D eigenvalue weighted by atomic mass is 16.4. The average molecular weight is 254 g/mol. The molecule has 0 aliphatic carbocycles. The number of benzene rings is 1. The fraction of sp³-hybridized carbons (Fsp3) is 0. The predicted molar refractivity (Wildman–Crippen MR) is 70.4 cm³/mol. The van der Waals surface area contributed by atoms with Crippen LogP contribution in [0.4, 0.5) is 0 Å². The summed E-state index contributed by atoms with van der Waals surface area (Å²) in [6, 6.07) is 10.1. The van der Waals surface area contributed by atoms with E-state index >= 15 is 0 Å². The lowest BCUT2D eigenvalue weighted by atomic mass is 10.1. The number of fused-ring (bicyclic) bond motifs is 3. The molecule has 0 bridgehead atoms. The van der Waals surface area contributed by atoms with Crippen LogP contribution in [-0.4, -0.2) is 21.4 Å². The van der Waals surface area contributed by atoms with Gasteiger partial charge in [-0.25, -0.2) is 4.79 Å². The van der Waals surface area contributed by atoms with Crippen LogP contribution in [0.1, 0.15) is 20.7 Å². The number of carboxylic acid groups (broad SMARTS) is 1. The molecule has 19 heavy (non-hydrogen) atoms. The maximum absolute atomic E-state index is 11.4. The summed E-state index contributed by atoms with van der Waals surface area (Å²) in [4.78, 5) is 22.6. The van der Waals surface area contributed by atoms with Crippen LogP contribution in [-0.2, 0) is 0 Å². The Labute approximate surface area is 107 Å². The molecule has 3 aromatic rings. The van der Waals surface area contributed by atoms with Crippen molar-refractivity contribution in [1.29, 1.82) is 0 Å². The van der Waals surface area contributed by atoms with Crippen molar-refractivity contribution in [3.8, 4) is 0 Å². The first-order chi connectivity index (χ1) is 9.09. The maximum Gasteiger partial charge on any atom is 0.338 e. The molecule has 3 rings (SSSR count). The summed E-state index contributed by atoms with van der Waals surface area (Å²) in [5.41, 5.74) is 7.08. The molecule has 1 amide bonds. The predicted octanol–water partition coefficient (Wildman–Crippen LogP) is 1.89. The third-order valence-corrected chi connectivity index (χ3v) is 3.14. The highest BCUT2D eigenvalue weighted by Crippen LogP contribution is 2.27. The first kappa shape index (κ1) is 11.3. The largest absolute Gasteiger partial charge is 0.478 e. The van der Waals surface area contributed by atoms with Crippen LogP contribution in [0.2, 0.25) is 0 Å². The molecule has 0 saturated heterocycles. The van der Waals surface area contributed by atoms with Gasteiger partial charge in [-0.2, -0.15) is 0 Å². The second-order valence-electron chi connectivity index (χ2n) is 4.23. The van der Waals surface area contributed by atoms with Gasteiger partial charge in [0, 0.05) is 17.1 Å². The Hall–Kier alpha value is -2.82. The number of aromatic nitrogens is 1. The van der Waals surface area contributed by atoms with Crippen molar-refractivity contribution in [3.63, 3.8) is 0 Å². The lowest BCUT2D eigenvalue weighted by Gasteiger charge is -1.98. The number of amides is 1. The van der Waals surface area contributed by atoms with Gasteiger partial charge in [0.1, 0.15) is 0 Å². The third-order valence-electron chi connectivity index (χ3n) is 3.14. The molecule has 0 unspecified atom stereocenters. The van der Waals surface area contributed by atoms with E-state index in [9.17, 15) is 14.7 Å². The molecule has 0 fully saturated rings. The zero-order chi connectivity index (χ0) is 13.6. The number of carbonyl (C=O) groups excluding carboxylic acids is 1. The van der Waals surface area contributed by atoms with Gasteiger partial charge < -0.3 is 15.2 Å². The molecule has 0 aliphatic heterocycles. The van der Waals surface area contributed by atoms with Crippen LogP contribution in [0.15, 0.2) is 42.6 Å². The third kappa shape index (κ3) is 1.55. The second-order valence-corrected chi connectivity index (χ2v) is 4.23. The van der Waals surface area contributed by atoms with Crippen LogP contribution < -0.4 is 5.73 Å². The van der Waals surface area contributed by atoms with Crippen molar-refractivity contribution in [2.75, 3.05) is 0 Å². The number of nitrogens with two attached hydrogens (primary N) is 1. The topological polar surface area (TPSA) is 84.8 Å². The lowest BCUT2D eigenvalue weighted by Crippen LogP contribution is -2.10. The number of hydrogen-bond donors (Lipinski definition) is 2. The van der Waals surface area contributed by atoms with Crippen molar-refractivity contribution in [2.24, 2.45) is 5.73 Å². The molecule has 0 spiro atoms. The zero-order valence-corrected chi connectivity index (χ0v) is 9.83. The van der Waals surface area contributed by atoms with E-state index in [0.29, 0.717) is 22.0 Å². The number of pyridine rings is 1. The highest BCUT2D eigenvalue weighted by molar-refractivity contribution is 6.12. The van der Waals surface area contributed by atoms with Gasteiger partial charge in [0.2, 0.25) is 5.91 Å². The monoisotopic (exact) mass is 254 g/mol. The minimum atomic E-state index is -0.995. The van der Waals surface area contributed by atoms with Crippen molar-refractivity contribution in [1.82, 2.24) is 4.40 Å². The molecule has 0 atom stereocenters. The van der Waals surface area contributed by atoms with Gasteiger partial charge in [0.05, 0.1) is 16.6 Å². The maximum atomic E-state index is 11.4. The van der Waals surface area contributed by atoms with Gasteiger partial charge in [-0.05, 0) is 24.3 Å². The number of primary amides is 1. The number of aromatic carboxylic acids is 1. The minimum absolute atomic E-state index is 0.228. The summed E-state index contributed by atoms with van der Waals surface area (Å²) in [5, 5.41) is 9.93. The molecule has 0 saturated carbocycles. The van der Waals surface area contributed by atoms with Crippen molar-refractivity contribution >= 4 is 28.3 Å². The number of rotatable bonds is 2. The second kappa shape index (κ2) is 3.84. The summed E-state index contributed by atoms with van der Waals surface area (Å²) in [5.74, 6) is -1.53. The van der Waals surface area contributed by atoms with E-state index in [1.165, 1.54) is 6.07 Å². The summed E-state index contributed by atoms with van der Waals surface area (Å²) in [6.45, 7) is 0. The van der Waals surface area contributed by atoms with E-state index < -0.39 is 11.9 Å². The fourth-order valence-electron chi connectivity index (χ4n) is 2.32. The van der Waals surface area contributed by atoms with Crippen LogP contribution >= 0.6 is 0 Å². The average Bonchev–Trinajstić information content (AvgIpc) is 2.72. The summed E-state index contributed by atoms with van der Waals surface area (Å²) >= 11 is 0. The number of hydrogen-bond acceptors (Lipinski definition) is 2. The number of nitrogens with zero attached hydrogens (tertiary/aromatic N) is 1. The Morgan fingerprint density at radius 3 is 2.58 bits per heavy atom. The molecule has 5 nitrogen and oxygen atoms in total. The van der Waals surface area contributed by atoms with Gasteiger partial charge in [-0.1, -0.05) is 12.1 Å². The Morgan fingerprint density at radius 2 is 1.89 bits per heavy atom. The molecular formula is C14H10N2O3. The van der Waals surface area contributed by atoms with Crippen LogP contribution in [0.25, 0.3) is 16.4 Å². The SMILES string of the molecule is NC(=O)c1ccc2c(C(=O)O)c3ccccn3c2c1. The molecule has 0 aliphatic rings. The van der Waals surface area contributed by atoms with Crippen LogP contribution in [0.5, 0.6) is 0 Å².